The number of carboxylic acid groups (broad SMARTS) is 1. The fraction of sp³-hybridized carbons (Fsp3) is 0.182. The summed E-state index contributed by atoms with van der Waals surface area (Å²) in [4.78, 5) is 32.8. The molecule has 1 aromatic carbocycles. The molecule has 1 rings (SSSR count). The fourth-order valence-corrected chi connectivity index (χ4v) is 1.35. The molecule has 0 aliphatic heterocycles. The molecule has 0 fully saturated rings. The van der Waals surface area contributed by atoms with Gasteiger partial charge in [0.05, 0.1) is 6.42 Å². The van der Waals surface area contributed by atoms with E-state index in [-0.39, 0.29) is 5.69 Å². The number of carbonyl (C=O) groups excluding carboxylic acids is 2. The van der Waals surface area contributed by atoms with Crippen LogP contribution in [-0.4, -0.2) is 29.1 Å². The standard InChI is InChI=1S/C11H11F2N3O4/c12-5-1-6(13)3-7(2-5)15-11(20)16-8(10(18)19)4-9(14)17/h1-3,8H,4H2,(H2,14,17)(H,18,19)(H2,15,16,20). The first kappa shape index (κ1) is 15.3. The molecule has 0 spiro atoms. The third-order valence-electron chi connectivity index (χ3n) is 2.13. The molecular weight excluding hydrogens is 276 g/mol. The van der Waals surface area contributed by atoms with Gasteiger partial charge in [-0.15, -0.1) is 0 Å². The van der Waals surface area contributed by atoms with Gasteiger partial charge >= 0.3 is 12.0 Å². The lowest BCUT2D eigenvalue weighted by molar-refractivity contribution is -0.140. The van der Waals surface area contributed by atoms with Gasteiger partial charge in [-0.1, -0.05) is 0 Å². The highest BCUT2D eigenvalue weighted by molar-refractivity contribution is 5.93. The predicted octanol–water partition coefficient (Wildman–Crippen LogP) is 0.415. The van der Waals surface area contributed by atoms with Crippen molar-refractivity contribution in [2.45, 2.75) is 12.5 Å². The van der Waals surface area contributed by atoms with E-state index in [1.807, 2.05) is 10.6 Å². The van der Waals surface area contributed by atoms with Crippen molar-refractivity contribution in [1.82, 2.24) is 5.32 Å². The molecule has 108 valence electrons. The number of halogens is 2. The average Bonchev–Trinajstić information content (AvgIpc) is 2.25. The van der Waals surface area contributed by atoms with E-state index in [9.17, 15) is 23.2 Å². The molecule has 1 unspecified atom stereocenters. The molecule has 20 heavy (non-hydrogen) atoms. The van der Waals surface area contributed by atoms with Crippen LogP contribution in [0.1, 0.15) is 6.42 Å². The van der Waals surface area contributed by atoms with Crippen LogP contribution in [0.4, 0.5) is 19.3 Å². The van der Waals surface area contributed by atoms with Gasteiger partial charge in [0, 0.05) is 11.8 Å². The fourth-order valence-electron chi connectivity index (χ4n) is 1.35. The SMILES string of the molecule is NC(=O)CC(NC(=O)Nc1cc(F)cc(F)c1)C(=O)O. The van der Waals surface area contributed by atoms with Crippen molar-refractivity contribution in [2.24, 2.45) is 5.73 Å². The number of carboxylic acids is 1. The van der Waals surface area contributed by atoms with Crippen molar-refractivity contribution < 1.29 is 28.3 Å². The van der Waals surface area contributed by atoms with Gasteiger partial charge in [0.15, 0.2) is 0 Å². The molecule has 0 aliphatic carbocycles. The Morgan fingerprint density at radius 1 is 1.20 bits per heavy atom. The van der Waals surface area contributed by atoms with Crippen LogP contribution in [0.5, 0.6) is 0 Å². The summed E-state index contributed by atoms with van der Waals surface area (Å²) in [6, 6.07) is -0.288. The smallest absolute Gasteiger partial charge is 0.326 e. The number of aliphatic carboxylic acids is 1. The summed E-state index contributed by atoms with van der Waals surface area (Å²) >= 11 is 0. The maximum atomic E-state index is 12.9. The summed E-state index contributed by atoms with van der Waals surface area (Å²) in [5, 5.41) is 12.7. The number of hydrogen-bond acceptors (Lipinski definition) is 3. The van der Waals surface area contributed by atoms with Gasteiger partial charge in [-0.3, -0.25) is 4.79 Å². The van der Waals surface area contributed by atoms with Crippen molar-refractivity contribution in [2.75, 3.05) is 5.32 Å². The maximum Gasteiger partial charge on any atom is 0.326 e. The number of rotatable bonds is 5. The first-order valence-electron chi connectivity index (χ1n) is 5.32. The Balaban J connectivity index is 2.70. The molecule has 9 heteroatoms. The first-order chi connectivity index (χ1) is 9.27. The molecule has 0 saturated carbocycles. The Kier molecular flexibility index (Phi) is 4.95. The summed E-state index contributed by atoms with van der Waals surface area (Å²) in [6.07, 6.45) is -0.611. The van der Waals surface area contributed by atoms with Gasteiger partial charge < -0.3 is 21.5 Å². The normalized spacial score (nSPS) is 11.5. The Morgan fingerprint density at radius 3 is 2.20 bits per heavy atom. The Labute approximate surface area is 111 Å². The highest BCUT2D eigenvalue weighted by Gasteiger charge is 2.22. The molecule has 0 bridgehead atoms. The Morgan fingerprint density at radius 2 is 1.75 bits per heavy atom. The van der Waals surface area contributed by atoms with Crippen molar-refractivity contribution >= 4 is 23.6 Å². The predicted molar refractivity (Wildman–Crippen MR) is 63.7 cm³/mol. The van der Waals surface area contributed by atoms with Crippen molar-refractivity contribution in [1.29, 1.82) is 0 Å². The summed E-state index contributed by atoms with van der Waals surface area (Å²) in [7, 11) is 0. The number of urea groups is 1. The van der Waals surface area contributed by atoms with Crippen LogP contribution in [0, 0.1) is 11.6 Å². The molecule has 5 N–H and O–H groups in total. The number of amides is 3. The second kappa shape index (κ2) is 6.45. The number of primary amides is 1. The van der Waals surface area contributed by atoms with Gasteiger partial charge in [-0.05, 0) is 12.1 Å². The quantitative estimate of drug-likeness (QED) is 0.626. The molecule has 0 radical (unpaired) electrons. The molecular formula is C11H11F2N3O4. The number of benzene rings is 1. The first-order valence-corrected chi connectivity index (χ1v) is 5.32. The van der Waals surface area contributed by atoms with Gasteiger partial charge in [-0.2, -0.15) is 0 Å². The van der Waals surface area contributed by atoms with Crippen molar-refractivity contribution in [3.8, 4) is 0 Å². The largest absolute Gasteiger partial charge is 0.480 e. The highest BCUT2D eigenvalue weighted by atomic mass is 19.1. The zero-order chi connectivity index (χ0) is 15.3. The van der Waals surface area contributed by atoms with Gasteiger partial charge in [-0.25, -0.2) is 18.4 Å². The molecule has 0 saturated heterocycles. The summed E-state index contributed by atoms with van der Waals surface area (Å²) in [5.74, 6) is -4.21. The number of nitrogens with two attached hydrogens (primary N) is 1. The summed E-state index contributed by atoms with van der Waals surface area (Å²) in [5.41, 5.74) is 4.62. The van der Waals surface area contributed by atoms with Crippen LogP contribution in [-0.2, 0) is 9.59 Å². The van der Waals surface area contributed by atoms with E-state index in [1.54, 1.807) is 0 Å². The zero-order valence-corrected chi connectivity index (χ0v) is 10.0. The Hall–Kier alpha value is -2.71. The van der Waals surface area contributed by atoms with Crippen LogP contribution >= 0.6 is 0 Å². The van der Waals surface area contributed by atoms with E-state index in [2.05, 4.69) is 0 Å². The zero-order valence-electron chi connectivity index (χ0n) is 10.0. The molecule has 3 amide bonds. The highest BCUT2D eigenvalue weighted by Crippen LogP contribution is 2.12. The lowest BCUT2D eigenvalue weighted by atomic mass is 10.2. The van der Waals surface area contributed by atoms with Crippen LogP contribution in [0.25, 0.3) is 0 Å². The summed E-state index contributed by atoms with van der Waals surface area (Å²) in [6.45, 7) is 0. The van der Waals surface area contributed by atoms with E-state index in [0.29, 0.717) is 6.07 Å². The van der Waals surface area contributed by atoms with Gasteiger partial charge in [0.2, 0.25) is 5.91 Å². The second-order valence-corrected chi connectivity index (χ2v) is 3.82. The monoisotopic (exact) mass is 287 g/mol. The lowest BCUT2D eigenvalue weighted by Crippen LogP contribution is -2.45. The molecule has 0 aliphatic rings. The third-order valence-corrected chi connectivity index (χ3v) is 2.13. The second-order valence-electron chi connectivity index (χ2n) is 3.82. The molecule has 0 aromatic heterocycles. The average molecular weight is 287 g/mol. The molecule has 1 aromatic rings. The number of hydrogen-bond donors (Lipinski definition) is 4. The van der Waals surface area contributed by atoms with Crippen LogP contribution in [0.3, 0.4) is 0 Å². The molecule has 1 atom stereocenters. The van der Waals surface area contributed by atoms with E-state index in [4.69, 9.17) is 10.8 Å². The molecule has 7 nitrogen and oxygen atoms in total. The van der Waals surface area contributed by atoms with Gasteiger partial charge in [0.1, 0.15) is 17.7 Å². The minimum absolute atomic E-state index is 0.205. The molecule has 0 heterocycles. The Bertz CT molecular complexity index is 530. The number of anilines is 1. The van der Waals surface area contributed by atoms with Crippen LogP contribution in [0.2, 0.25) is 0 Å². The van der Waals surface area contributed by atoms with E-state index in [1.165, 1.54) is 0 Å². The van der Waals surface area contributed by atoms with E-state index < -0.39 is 42.0 Å². The third kappa shape index (κ3) is 4.88. The lowest BCUT2D eigenvalue weighted by Gasteiger charge is -2.13. The maximum absolute atomic E-state index is 12.9. The van der Waals surface area contributed by atoms with E-state index >= 15 is 0 Å². The van der Waals surface area contributed by atoms with Crippen molar-refractivity contribution in [3.63, 3.8) is 0 Å². The van der Waals surface area contributed by atoms with Crippen LogP contribution in [0.15, 0.2) is 18.2 Å². The van der Waals surface area contributed by atoms with Crippen LogP contribution < -0.4 is 16.4 Å². The van der Waals surface area contributed by atoms with Crippen molar-refractivity contribution in [3.05, 3.63) is 29.8 Å². The summed E-state index contributed by atoms with van der Waals surface area (Å²) < 4.78 is 25.7. The van der Waals surface area contributed by atoms with Gasteiger partial charge in [0.25, 0.3) is 0 Å². The number of nitrogens with one attached hydrogen (secondary N) is 2. The minimum Gasteiger partial charge on any atom is -0.480 e. The topological polar surface area (TPSA) is 122 Å². The van der Waals surface area contributed by atoms with E-state index in [0.717, 1.165) is 12.1 Å². The number of carbonyl (C=O) groups is 3. The minimum atomic E-state index is -1.54.